The molecule has 0 aliphatic heterocycles. The van der Waals surface area contributed by atoms with E-state index in [0.29, 0.717) is 11.5 Å². The van der Waals surface area contributed by atoms with E-state index in [1.807, 2.05) is 0 Å². The van der Waals surface area contributed by atoms with Gasteiger partial charge in [0.1, 0.15) is 5.75 Å². The number of carbonyl (C=O) groups is 1. The molecule has 1 aliphatic carbocycles. The van der Waals surface area contributed by atoms with E-state index >= 15 is 0 Å². The van der Waals surface area contributed by atoms with Crippen molar-refractivity contribution >= 4 is 5.97 Å². The molecule has 0 aromatic heterocycles. The number of esters is 1. The van der Waals surface area contributed by atoms with Crippen molar-refractivity contribution < 1.29 is 16.4 Å². The molecule has 122 valence electrons. The van der Waals surface area contributed by atoms with Gasteiger partial charge in [-0.05, 0) is 61.4 Å². The zero-order valence-electron chi connectivity index (χ0n) is 17.6. The molecule has 1 aliphatic rings. The summed E-state index contributed by atoms with van der Waals surface area (Å²) in [5, 5.41) is 0. The molecule has 0 spiro atoms. The van der Waals surface area contributed by atoms with Crippen molar-refractivity contribution in [3.05, 3.63) is 65.1 Å². The molecule has 0 amide bonds. The van der Waals surface area contributed by atoms with Crippen molar-refractivity contribution in [2.45, 2.75) is 45.4 Å². The maximum Gasteiger partial charge on any atom is 0.343 e. The maximum atomic E-state index is 12.5. The molecule has 0 bridgehead atoms. The van der Waals surface area contributed by atoms with E-state index in [1.54, 1.807) is 19.1 Å². The predicted octanol–water partition coefficient (Wildman–Crippen LogP) is 5.75. The first-order valence-corrected chi connectivity index (χ1v) is 8.17. The van der Waals surface area contributed by atoms with Crippen molar-refractivity contribution in [3.8, 4) is 5.75 Å². The Morgan fingerprint density at radius 1 is 1.09 bits per heavy atom. The van der Waals surface area contributed by atoms with Crippen molar-refractivity contribution in [3.63, 3.8) is 0 Å². The molecule has 0 unspecified atom stereocenters. The van der Waals surface area contributed by atoms with Crippen molar-refractivity contribution in [2.24, 2.45) is 5.92 Å². The summed E-state index contributed by atoms with van der Waals surface area (Å²) in [7, 11) is 0. The van der Waals surface area contributed by atoms with Gasteiger partial charge in [0, 0.05) is 1.43 Å². The summed E-state index contributed by atoms with van der Waals surface area (Å²) < 4.78 is 37.3. The molecule has 0 saturated heterocycles. The summed E-state index contributed by atoms with van der Waals surface area (Å²) in [6.45, 7) is 3.90. The van der Waals surface area contributed by atoms with Gasteiger partial charge in [-0.3, -0.25) is 0 Å². The number of hydrogen-bond donors (Lipinski definition) is 0. The maximum absolute atomic E-state index is 12.5. The Balaban J connectivity index is 0.00000280. The van der Waals surface area contributed by atoms with E-state index in [0.717, 1.165) is 37.2 Å². The van der Waals surface area contributed by atoms with Crippen LogP contribution in [0.25, 0.3) is 0 Å². The molecule has 2 nitrogen and oxygen atoms in total. The quantitative estimate of drug-likeness (QED) is 0.532. The first kappa shape index (κ1) is 11.4. The van der Waals surface area contributed by atoms with Crippen LogP contribution >= 0.6 is 0 Å². The third-order valence-corrected chi connectivity index (χ3v) is 4.53. The molecule has 0 radical (unpaired) electrons. The van der Waals surface area contributed by atoms with Gasteiger partial charge in [-0.15, -0.1) is 0 Å². The highest BCUT2D eigenvalue weighted by Gasteiger charge is 2.20. The predicted molar refractivity (Wildman–Crippen MR) is 95.1 cm³/mol. The normalized spacial score (nSPS) is 23.4. The molecule has 23 heavy (non-hydrogen) atoms. The standard InChI is InChI=1S/C21H24O2.H2/c1-15-3-7-17(8-4-15)18-9-11-19(12-10-18)21(22)23-20-13-5-16(2)6-14-20;/h5-6,9-15,17H,3-4,7-8H2,1-2H3;1H/i5D,6D,11D,12D;. The Labute approximate surface area is 145 Å². The van der Waals surface area contributed by atoms with Crippen molar-refractivity contribution in [1.82, 2.24) is 0 Å². The highest BCUT2D eigenvalue weighted by atomic mass is 16.5. The van der Waals surface area contributed by atoms with Crippen LogP contribution in [0.5, 0.6) is 5.75 Å². The fraction of sp³-hybridized carbons (Fsp3) is 0.381. The SMILES string of the molecule is [2H]c1cc(OC(=O)c2c([2H])cc(C3CCC(C)CC3)cc2[2H])cc([2H])c1C.[HH]. The van der Waals surface area contributed by atoms with Crippen LogP contribution in [0, 0.1) is 12.8 Å². The van der Waals surface area contributed by atoms with Crippen LogP contribution in [0.1, 0.15) is 66.9 Å². The minimum absolute atomic E-state index is 0. The lowest BCUT2D eigenvalue weighted by Crippen LogP contribution is -2.12. The van der Waals surface area contributed by atoms with Gasteiger partial charge in [-0.2, -0.15) is 0 Å². The van der Waals surface area contributed by atoms with Gasteiger partial charge >= 0.3 is 5.97 Å². The second-order valence-corrected chi connectivity index (χ2v) is 6.40. The highest BCUT2D eigenvalue weighted by Crippen LogP contribution is 2.35. The molecule has 2 heteroatoms. The number of ether oxygens (including phenoxy) is 1. The van der Waals surface area contributed by atoms with Crippen LogP contribution in [0.2, 0.25) is 0 Å². The van der Waals surface area contributed by atoms with Crippen molar-refractivity contribution in [1.29, 1.82) is 0 Å². The van der Waals surface area contributed by atoms with Gasteiger partial charge in [-0.25, -0.2) is 4.79 Å². The molecule has 1 saturated carbocycles. The van der Waals surface area contributed by atoms with Crippen LogP contribution < -0.4 is 4.74 Å². The Hall–Kier alpha value is -2.09. The van der Waals surface area contributed by atoms with E-state index in [4.69, 9.17) is 10.2 Å². The lowest BCUT2D eigenvalue weighted by Gasteiger charge is -2.26. The third kappa shape index (κ3) is 4.01. The molecule has 0 N–H and O–H groups in total. The van der Waals surface area contributed by atoms with Gasteiger partial charge in [0.05, 0.1) is 11.0 Å². The molecular weight excluding hydrogens is 284 g/mol. The molecule has 2 aromatic rings. The number of rotatable bonds is 3. The number of hydrogen-bond acceptors (Lipinski definition) is 2. The Bertz CT molecular complexity index is 827. The summed E-state index contributed by atoms with van der Waals surface area (Å²) in [4.78, 5) is 12.5. The molecular formula is C21H26O2. The minimum atomic E-state index is -0.795. The lowest BCUT2D eigenvalue weighted by molar-refractivity contribution is 0.0734. The van der Waals surface area contributed by atoms with Crippen molar-refractivity contribution in [2.75, 3.05) is 0 Å². The number of benzene rings is 2. The van der Waals surface area contributed by atoms with E-state index in [9.17, 15) is 4.79 Å². The van der Waals surface area contributed by atoms with E-state index < -0.39 is 5.97 Å². The smallest absolute Gasteiger partial charge is 0.343 e. The summed E-state index contributed by atoms with van der Waals surface area (Å²) in [5.41, 5.74) is 1.37. The van der Waals surface area contributed by atoms with Gasteiger partial charge in [0.15, 0.2) is 0 Å². The second kappa shape index (κ2) is 6.99. The zero-order valence-corrected chi connectivity index (χ0v) is 13.6. The van der Waals surface area contributed by atoms with Crippen LogP contribution in [0.3, 0.4) is 0 Å². The summed E-state index contributed by atoms with van der Waals surface area (Å²) in [5.74, 6) is 0.356. The van der Waals surface area contributed by atoms with Crippen LogP contribution in [0.4, 0.5) is 0 Å². The van der Waals surface area contributed by atoms with E-state index in [-0.39, 0.29) is 36.9 Å². The second-order valence-electron chi connectivity index (χ2n) is 6.40. The Morgan fingerprint density at radius 2 is 1.70 bits per heavy atom. The zero-order chi connectivity index (χ0) is 19.7. The van der Waals surface area contributed by atoms with E-state index in [1.165, 1.54) is 12.1 Å². The molecule has 1 fully saturated rings. The molecule has 0 heterocycles. The van der Waals surface area contributed by atoms with Gasteiger partial charge in [-0.1, -0.05) is 49.5 Å². The lowest BCUT2D eigenvalue weighted by atomic mass is 9.79. The van der Waals surface area contributed by atoms with E-state index in [2.05, 4.69) is 6.92 Å². The highest BCUT2D eigenvalue weighted by molar-refractivity contribution is 5.91. The summed E-state index contributed by atoms with van der Waals surface area (Å²) in [6.07, 6.45) is 4.39. The van der Waals surface area contributed by atoms with Gasteiger partial charge < -0.3 is 4.74 Å². The number of carbonyl (C=O) groups excluding carboxylic acids is 1. The molecule has 2 aromatic carbocycles. The van der Waals surface area contributed by atoms with Crippen LogP contribution in [-0.2, 0) is 0 Å². The largest absolute Gasteiger partial charge is 0.423 e. The average Bonchev–Trinajstić information content (AvgIpc) is 2.59. The monoisotopic (exact) mass is 314 g/mol. The van der Waals surface area contributed by atoms with Crippen LogP contribution in [-0.4, -0.2) is 5.97 Å². The molecule has 0 atom stereocenters. The molecule has 3 rings (SSSR count). The fourth-order valence-corrected chi connectivity index (χ4v) is 3.00. The van der Waals surface area contributed by atoms with Crippen LogP contribution in [0.15, 0.2) is 48.4 Å². The fourth-order valence-electron chi connectivity index (χ4n) is 3.00. The first-order chi connectivity index (χ1) is 12.8. The minimum Gasteiger partial charge on any atom is -0.423 e. The van der Waals surface area contributed by atoms with Gasteiger partial charge in [0.2, 0.25) is 0 Å². The Morgan fingerprint density at radius 3 is 2.30 bits per heavy atom. The summed E-state index contributed by atoms with van der Waals surface area (Å²) >= 11 is 0. The summed E-state index contributed by atoms with van der Waals surface area (Å²) in [6, 6.07) is 6.31. The average molecular weight is 314 g/mol. The topological polar surface area (TPSA) is 26.3 Å². The Kier molecular flexibility index (Phi) is 3.48. The third-order valence-electron chi connectivity index (χ3n) is 4.53. The first-order valence-electron chi connectivity index (χ1n) is 10.2. The van der Waals surface area contributed by atoms with Gasteiger partial charge in [0.25, 0.3) is 0 Å².